The van der Waals surface area contributed by atoms with E-state index in [1.165, 1.54) is 11.3 Å². The first-order valence-corrected chi connectivity index (χ1v) is 5.93. The Hall–Kier alpha value is -0.690. The normalized spacial score (nSPS) is 11.8. The molecule has 92 valence electrons. The molecular weight excluding hydrogens is 226 g/mol. The van der Waals surface area contributed by atoms with Crippen LogP contribution in [0.25, 0.3) is 0 Å². The Bertz CT molecular complexity index is 315. The van der Waals surface area contributed by atoms with Crippen molar-refractivity contribution in [3.8, 4) is 0 Å². The van der Waals surface area contributed by atoms with Crippen molar-refractivity contribution in [1.82, 2.24) is 4.98 Å². The summed E-state index contributed by atoms with van der Waals surface area (Å²) in [5.41, 5.74) is 2.38. The second kappa shape index (κ2) is 6.15. The number of hydrazine groups is 1. The van der Waals surface area contributed by atoms with Crippen molar-refractivity contribution in [2.75, 3.05) is 19.1 Å². The van der Waals surface area contributed by atoms with E-state index < -0.39 is 0 Å². The van der Waals surface area contributed by atoms with Crippen molar-refractivity contribution < 1.29 is 9.47 Å². The molecule has 0 saturated heterocycles. The number of anilines is 1. The van der Waals surface area contributed by atoms with Crippen molar-refractivity contribution in [3.05, 3.63) is 11.1 Å². The quantitative estimate of drug-likeness (QED) is 0.435. The first-order valence-electron chi connectivity index (χ1n) is 5.11. The number of nitrogens with one attached hydrogen (secondary N) is 1. The van der Waals surface area contributed by atoms with Gasteiger partial charge >= 0.3 is 0 Å². The summed E-state index contributed by atoms with van der Waals surface area (Å²) in [6, 6.07) is 0. The lowest BCUT2D eigenvalue weighted by atomic mass is 10.1. The Kier molecular flexibility index (Phi) is 5.14. The van der Waals surface area contributed by atoms with Crippen LogP contribution in [0.3, 0.4) is 0 Å². The number of nitrogen functional groups attached to an aromatic ring is 1. The molecule has 0 aromatic carbocycles. The van der Waals surface area contributed by atoms with Gasteiger partial charge in [0.25, 0.3) is 0 Å². The number of hydrogen-bond acceptors (Lipinski definition) is 6. The number of nitrogens with two attached hydrogens (primary N) is 1. The SMILES string of the molecule is COC(C)(C)CCOCc1cnc(NN)s1. The third kappa shape index (κ3) is 4.44. The van der Waals surface area contributed by atoms with Gasteiger partial charge in [-0.25, -0.2) is 10.8 Å². The minimum Gasteiger partial charge on any atom is -0.379 e. The second-order valence-corrected chi connectivity index (χ2v) is 5.16. The Morgan fingerprint density at radius 1 is 1.56 bits per heavy atom. The highest BCUT2D eigenvalue weighted by Crippen LogP contribution is 2.18. The maximum absolute atomic E-state index is 5.54. The monoisotopic (exact) mass is 245 g/mol. The fraction of sp³-hybridized carbons (Fsp3) is 0.700. The molecule has 0 radical (unpaired) electrons. The van der Waals surface area contributed by atoms with Crippen LogP contribution in [-0.2, 0) is 16.1 Å². The predicted molar refractivity (Wildman–Crippen MR) is 65.3 cm³/mol. The summed E-state index contributed by atoms with van der Waals surface area (Å²) in [6.07, 6.45) is 2.63. The minimum atomic E-state index is -0.127. The molecule has 0 fully saturated rings. The van der Waals surface area contributed by atoms with Crippen molar-refractivity contribution >= 4 is 16.5 Å². The van der Waals surface area contributed by atoms with Crippen molar-refractivity contribution in [3.63, 3.8) is 0 Å². The van der Waals surface area contributed by atoms with Gasteiger partial charge in [0, 0.05) is 19.9 Å². The molecule has 1 aromatic heterocycles. The lowest BCUT2D eigenvalue weighted by Gasteiger charge is -2.22. The van der Waals surface area contributed by atoms with Crippen molar-refractivity contribution in [2.45, 2.75) is 32.5 Å². The summed E-state index contributed by atoms with van der Waals surface area (Å²) in [5.74, 6) is 5.23. The summed E-state index contributed by atoms with van der Waals surface area (Å²) < 4.78 is 10.8. The van der Waals surface area contributed by atoms with E-state index in [4.69, 9.17) is 15.3 Å². The van der Waals surface area contributed by atoms with Crippen LogP contribution in [0.4, 0.5) is 5.13 Å². The van der Waals surface area contributed by atoms with Gasteiger partial charge in [-0.2, -0.15) is 0 Å². The van der Waals surface area contributed by atoms with Crippen molar-refractivity contribution in [2.24, 2.45) is 5.84 Å². The Balaban J connectivity index is 2.20. The molecule has 0 amide bonds. The number of ether oxygens (including phenoxy) is 2. The fourth-order valence-electron chi connectivity index (χ4n) is 1.03. The molecule has 1 rings (SSSR count). The third-order valence-electron chi connectivity index (χ3n) is 2.32. The molecule has 0 saturated carbocycles. The van der Waals surface area contributed by atoms with Gasteiger partial charge in [-0.05, 0) is 20.3 Å². The van der Waals surface area contributed by atoms with Gasteiger partial charge < -0.3 is 9.47 Å². The lowest BCUT2D eigenvalue weighted by Crippen LogP contribution is -2.24. The van der Waals surface area contributed by atoms with Crippen LogP contribution >= 0.6 is 11.3 Å². The predicted octanol–water partition coefficient (Wildman–Crippen LogP) is 1.76. The van der Waals surface area contributed by atoms with E-state index in [-0.39, 0.29) is 5.60 Å². The van der Waals surface area contributed by atoms with E-state index >= 15 is 0 Å². The van der Waals surface area contributed by atoms with Crippen LogP contribution in [0.15, 0.2) is 6.20 Å². The average Bonchev–Trinajstić information content (AvgIpc) is 2.72. The van der Waals surface area contributed by atoms with Gasteiger partial charge in [-0.3, -0.25) is 5.43 Å². The van der Waals surface area contributed by atoms with E-state index in [1.54, 1.807) is 13.3 Å². The van der Waals surface area contributed by atoms with E-state index in [2.05, 4.69) is 10.4 Å². The molecule has 0 unspecified atom stereocenters. The van der Waals surface area contributed by atoms with Crippen LogP contribution in [0.5, 0.6) is 0 Å². The highest BCUT2D eigenvalue weighted by atomic mass is 32.1. The largest absolute Gasteiger partial charge is 0.379 e. The highest BCUT2D eigenvalue weighted by molar-refractivity contribution is 7.15. The summed E-state index contributed by atoms with van der Waals surface area (Å²) in [5, 5.41) is 0.704. The number of aromatic nitrogens is 1. The standard InChI is InChI=1S/C10H19N3O2S/c1-10(2,14-3)4-5-15-7-8-6-12-9(13-11)16-8/h6H,4-5,7,11H2,1-3H3,(H,12,13). The molecule has 0 aliphatic heterocycles. The van der Waals surface area contributed by atoms with Crippen molar-refractivity contribution in [1.29, 1.82) is 0 Å². The summed E-state index contributed by atoms with van der Waals surface area (Å²) in [7, 11) is 1.71. The van der Waals surface area contributed by atoms with E-state index in [0.29, 0.717) is 18.3 Å². The molecule has 0 bridgehead atoms. The topological polar surface area (TPSA) is 69.4 Å². The van der Waals surface area contributed by atoms with Gasteiger partial charge in [0.2, 0.25) is 0 Å². The summed E-state index contributed by atoms with van der Waals surface area (Å²) in [4.78, 5) is 5.11. The molecule has 0 atom stereocenters. The zero-order valence-corrected chi connectivity index (χ0v) is 10.8. The highest BCUT2D eigenvalue weighted by Gasteiger charge is 2.15. The van der Waals surface area contributed by atoms with Crippen LogP contribution in [-0.4, -0.2) is 24.3 Å². The van der Waals surface area contributed by atoms with Gasteiger partial charge in [-0.1, -0.05) is 11.3 Å². The molecular formula is C10H19N3O2S. The molecule has 16 heavy (non-hydrogen) atoms. The van der Waals surface area contributed by atoms with Crippen LogP contribution < -0.4 is 11.3 Å². The van der Waals surface area contributed by atoms with Crippen LogP contribution in [0, 0.1) is 0 Å². The van der Waals surface area contributed by atoms with Gasteiger partial charge in [0.05, 0.1) is 17.1 Å². The average molecular weight is 245 g/mol. The molecule has 0 spiro atoms. The fourth-order valence-corrected chi connectivity index (χ4v) is 1.69. The molecule has 5 nitrogen and oxygen atoms in total. The number of methoxy groups -OCH3 is 1. The second-order valence-electron chi connectivity index (χ2n) is 4.04. The summed E-state index contributed by atoms with van der Waals surface area (Å²) in [6.45, 7) is 5.32. The molecule has 0 aliphatic carbocycles. The molecule has 6 heteroatoms. The number of thiazole rings is 1. The summed E-state index contributed by atoms with van der Waals surface area (Å²) >= 11 is 1.49. The molecule has 1 aromatic rings. The minimum absolute atomic E-state index is 0.127. The maximum Gasteiger partial charge on any atom is 0.197 e. The number of rotatable bonds is 7. The van der Waals surface area contributed by atoms with Gasteiger partial charge in [0.1, 0.15) is 0 Å². The van der Waals surface area contributed by atoms with E-state index in [0.717, 1.165) is 11.3 Å². The van der Waals surface area contributed by atoms with Gasteiger partial charge in [0.15, 0.2) is 5.13 Å². The number of nitrogens with zero attached hydrogens (tertiary/aromatic N) is 1. The third-order valence-corrected chi connectivity index (χ3v) is 3.22. The zero-order valence-electron chi connectivity index (χ0n) is 9.95. The van der Waals surface area contributed by atoms with Gasteiger partial charge in [-0.15, -0.1) is 0 Å². The van der Waals surface area contributed by atoms with E-state index in [9.17, 15) is 0 Å². The van der Waals surface area contributed by atoms with E-state index in [1.807, 2.05) is 13.8 Å². The lowest BCUT2D eigenvalue weighted by molar-refractivity contribution is -0.0121. The molecule has 1 heterocycles. The Morgan fingerprint density at radius 3 is 2.88 bits per heavy atom. The molecule has 0 aliphatic rings. The number of hydrogen-bond donors (Lipinski definition) is 2. The Labute approximate surface area is 99.9 Å². The van der Waals surface area contributed by atoms with Crippen LogP contribution in [0.2, 0.25) is 0 Å². The first-order chi connectivity index (χ1) is 7.57. The maximum atomic E-state index is 5.54. The van der Waals surface area contributed by atoms with Crippen LogP contribution in [0.1, 0.15) is 25.1 Å². The smallest absolute Gasteiger partial charge is 0.197 e. The Morgan fingerprint density at radius 2 is 2.31 bits per heavy atom. The molecule has 3 N–H and O–H groups in total. The zero-order chi connectivity index (χ0) is 12.0. The first kappa shape index (κ1) is 13.4.